The van der Waals surface area contributed by atoms with Gasteiger partial charge in [0.2, 0.25) is 5.91 Å². The lowest BCUT2D eigenvalue weighted by Crippen LogP contribution is -2.19. The molecule has 0 unspecified atom stereocenters. The third-order valence-corrected chi connectivity index (χ3v) is 2.41. The van der Waals surface area contributed by atoms with Gasteiger partial charge in [0.05, 0.1) is 0 Å². The lowest BCUT2D eigenvalue weighted by atomic mass is 10.0. The Labute approximate surface area is 102 Å². The molecule has 0 aliphatic carbocycles. The van der Waals surface area contributed by atoms with Crippen LogP contribution in [0.1, 0.15) is 35.3 Å². The molecule has 0 saturated carbocycles. The molecule has 0 aromatic heterocycles. The molecule has 0 atom stereocenters. The van der Waals surface area contributed by atoms with Crippen LogP contribution in [0.5, 0.6) is 0 Å². The van der Waals surface area contributed by atoms with Gasteiger partial charge in [0, 0.05) is 19.0 Å². The number of hydrogen-bond acceptors (Lipinski definition) is 2. The standard InChI is InChI=1S/C14H17NO2/c1-10-9-13(5-4-8-15-12(3)17)6-7-14(10)11(2)16/h4-7,9H,8H2,1-3H3,(H,15,17). The van der Waals surface area contributed by atoms with E-state index in [9.17, 15) is 9.59 Å². The Morgan fingerprint density at radius 2 is 2.00 bits per heavy atom. The fourth-order valence-electron chi connectivity index (χ4n) is 1.58. The number of rotatable bonds is 4. The summed E-state index contributed by atoms with van der Waals surface area (Å²) in [6, 6.07) is 5.69. The van der Waals surface area contributed by atoms with E-state index in [4.69, 9.17) is 0 Å². The molecule has 1 aromatic rings. The summed E-state index contributed by atoms with van der Waals surface area (Å²) in [4.78, 5) is 21.9. The minimum absolute atomic E-state index is 0.0437. The number of hydrogen-bond donors (Lipinski definition) is 1. The van der Waals surface area contributed by atoms with Gasteiger partial charge in [0.25, 0.3) is 0 Å². The molecular weight excluding hydrogens is 214 g/mol. The monoisotopic (exact) mass is 231 g/mol. The Morgan fingerprint density at radius 1 is 1.29 bits per heavy atom. The Balaban J connectivity index is 2.70. The fourth-order valence-corrected chi connectivity index (χ4v) is 1.58. The van der Waals surface area contributed by atoms with Gasteiger partial charge in [-0.05, 0) is 25.0 Å². The van der Waals surface area contributed by atoms with Crippen molar-refractivity contribution >= 4 is 17.8 Å². The fraction of sp³-hybridized carbons (Fsp3) is 0.286. The van der Waals surface area contributed by atoms with Crippen molar-refractivity contribution in [2.24, 2.45) is 0 Å². The van der Waals surface area contributed by atoms with Crippen molar-refractivity contribution in [2.75, 3.05) is 6.54 Å². The number of carbonyl (C=O) groups is 2. The average molecular weight is 231 g/mol. The van der Waals surface area contributed by atoms with E-state index in [1.54, 1.807) is 6.92 Å². The second-order valence-corrected chi connectivity index (χ2v) is 3.97. The van der Waals surface area contributed by atoms with E-state index in [1.165, 1.54) is 6.92 Å². The van der Waals surface area contributed by atoms with Crippen molar-refractivity contribution in [3.05, 3.63) is 41.0 Å². The predicted octanol–water partition coefficient (Wildman–Crippen LogP) is 2.35. The zero-order valence-electron chi connectivity index (χ0n) is 10.4. The van der Waals surface area contributed by atoms with Crippen LogP contribution in [0.15, 0.2) is 24.3 Å². The molecule has 0 heterocycles. The highest BCUT2D eigenvalue weighted by atomic mass is 16.1. The van der Waals surface area contributed by atoms with Crippen molar-refractivity contribution in [3.63, 3.8) is 0 Å². The Bertz CT molecular complexity index is 461. The summed E-state index contributed by atoms with van der Waals surface area (Å²) in [6.07, 6.45) is 3.80. The number of amides is 1. The quantitative estimate of drug-likeness (QED) is 0.808. The number of benzene rings is 1. The first-order valence-electron chi connectivity index (χ1n) is 5.53. The molecule has 0 spiro atoms. The van der Waals surface area contributed by atoms with Crippen LogP contribution in [0.25, 0.3) is 6.08 Å². The van der Waals surface area contributed by atoms with Gasteiger partial charge < -0.3 is 5.32 Å². The van der Waals surface area contributed by atoms with Gasteiger partial charge >= 0.3 is 0 Å². The van der Waals surface area contributed by atoms with Gasteiger partial charge in [-0.3, -0.25) is 9.59 Å². The van der Waals surface area contributed by atoms with Crippen LogP contribution < -0.4 is 5.32 Å². The van der Waals surface area contributed by atoms with E-state index in [2.05, 4.69) is 5.32 Å². The SMILES string of the molecule is CC(=O)NCC=Cc1ccc(C(C)=O)c(C)c1. The maximum absolute atomic E-state index is 11.2. The summed E-state index contributed by atoms with van der Waals surface area (Å²) in [5, 5.41) is 2.68. The average Bonchev–Trinajstić information content (AvgIpc) is 2.23. The van der Waals surface area contributed by atoms with Crippen LogP contribution in [0.4, 0.5) is 0 Å². The summed E-state index contributed by atoms with van der Waals surface area (Å²) in [5.74, 6) is 0.0361. The molecule has 90 valence electrons. The number of aryl methyl sites for hydroxylation is 1. The molecule has 0 bridgehead atoms. The summed E-state index contributed by atoms with van der Waals surface area (Å²) in [6.45, 7) is 5.49. The second kappa shape index (κ2) is 5.99. The van der Waals surface area contributed by atoms with Gasteiger partial charge in [-0.15, -0.1) is 0 Å². The van der Waals surface area contributed by atoms with Crippen molar-refractivity contribution in [1.29, 1.82) is 0 Å². The smallest absolute Gasteiger partial charge is 0.217 e. The predicted molar refractivity (Wildman–Crippen MR) is 68.9 cm³/mol. The number of Topliss-reactive ketones (excluding diaryl/α,β-unsaturated/α-hetero) is 1. The molecule has 3 nitrogen and oxygen atoms in total. The largest absolute Gasteiger partial charge is 0.353 e. The van der Waals surface area contributed by atoms with Crippen molar-refractivity contribution in [1.82, 2.24) is 5.32 Å². The van der Waals surface area contributed by atoms with Gasteiger partial charge in [-0.1, -0.05) is 30.4 Å². The minimum Gasteiger partial charge on any atom is -0.353 e. The van der Waals surface area contributed by atoms with Gasteiger partial charge in [-0.25, -0.2) is 0 Å². The molecular formula is C14H17NO2. The van der Waals surface area contributed by atoms with Crippen LogP contribution in [-0.4, -0.2) is 18.2 Å². The van der Waals surface area contributed by atoms with E-state index in [1.807, 2.05) is 37.3 Å². The summed E-state index contributed by atoms with van der Waals surface area (Å²) in [7, 11) is 0. The molecule has 0 aliphatic heterocycles. The van der Waals surface area contributed by atoms with Crippen molar-refractivity contribution < 1.29 is 9.59 Å². The molecule has 0 fully saturated rings. The van der Waals surface area contributed by atoms with Crippen LogP contribution >= 0.6 is 0 Å². The van der Waals surface area contributed by atoms with E-state index < -0.39 is 0 Å². The number of ketones is 1. The van der Waals surface area contributed by atoms with E-state index >= 15 is 0 Å². The maximum atomic E-state index is 11.2. The lowest BCUT2D eigenvalue weighted by molar-refractivity contribution is -0.118. The highest BCUT2D eigenvalue weighted by Gasteiger charge is 2.02. The normalized spacial score (nSPS) is 10.5. The van der Waals surface area contributed by atoms with Gasteiger partial charge in [0.15, 0.2) is 5.78 Å². The van der Waals surface area contributed by atoms with Crippen LogP contribution in [-0.2, 0) is 4.79 Å². The molecule has 1 aromatic carbocycles. The third kappa shape index (κ3) is 4.23. The molecule has 1 amide bonds. The van der Waals surface area contributed by atoms with Crippen molar-refractivity contribution in [2.45, 2.75) is 20.8 Å². The first-order valence-corrected chi connectivity index (χ1v) is 5.53. The first-order chi connectivity index (χ1) is 8.00. The van der Waals surface area contributed by atoms with Crippen molar-refractivity contribution in [3.8, 4) is 0 Å². The zero-order valence-corrected chi connectivity index (χ0v) is 10.4. The van der Waals surface area contributed by atoms with Crippen LogP contribution in [0.2, 0.25) is 0 Å². The van der Waals surface area contributed by atoms with E-state index in [-0.39, 0.29) is 11.7 Å². The Morgan fingerprint density at radius 3 is 2.53 bits per heavy atom. The Hall–Kier alpha value is -1.90. The summed E-state index contributed by atoms with van der Waals surface area (Å²) >= 11 is 0. The molecule has 3 heteroatoms. The van der Waals surface area contributed by atoms with Gasteiger partial charge in [-0.2, -0.15) is 0 Å². The second-order valence-electron chi connectivity index (χ2n) is 3.97. The maximum Gasteiger partial charge on any atom is 0.217 e. The lowest BCUT2D eigenvalue weighted by Gasteiger charge is -2.03. The third-order valence-electron chi connectivity index (χ3n) is 2.41. The first kappa shape index (κ1) is 13.2. The molecule has 0 radical (unpaired) electrons. The van der Waals surface area contributed by atoms with Gasteiger partial charge in [0.1, 0.15) is 0 Å². The molecule has 1 rings (SSSR count). The summed E-state index contributed by atoms with van der Waals surface area (Å²) in [5.41, 5.74) is 2.75. The number of carbonyl (C=O) groups excluding carboxylic acids is 2. The molecule has 17 heavy (non-hydrogen) atoms. The van der Waals surface area contributed by atoms with Crippen LogP contribution in [0, 0.1) is 6.92 Å². The molecule has 0 aliphatic rings. The summed E-state index contributed by atoms with van der Waals surface area (Å²) < 4.78 is 0. The molecule has 0 saturated heterocycles. The minimum atomic E-state index is -0.0437. The van der Waals surface area contributed by atoms with E-state index in [0.717, 1.165) is 16.7 Å². The highest BCUT2D eigenvalue weighted by molar-refractivity contribution is 5.95. The Kier molecular flexibility index (Phi) is 4.64. The highest BCUT2D eigenvalue weighted by Crippen LogP contribution is 2.12. The topological polar surface area (TPSA) is 46.2 Å². The number of nitrogens with one attached hydrogen (secondary N) is 1. The zero-order chi connectivity index (χ0) is 12.8. The molecule has 1 N–H and O–H groups in total. The van der Waals surface area contributed by atoms with E-state index in [0.29, 0.717) is 6.54 Å². The van der Waals surface area contributed by atoms with Crippen LogP contribution in [0.3, 0.4) is 0 Å².